The number of hydrogen-bond donors (Lipinski definition) is 0. The number of carboxylic acid groups (broad SMARTS) is 2. The summed E-state index contributed by atoms with van der Waals surface area (Å²) in [7, 11) is -5.17. The summed E-state index contributed by atoms with van der Waals surface area (Å²) in [5.74, 6) is 0. The van der Waals surface area contributed by atoms with E-state index in [0.29, 0.717) is 0 Å². The molecule has 0 atom stereocenters. The topological polar surface area (TPSA) is 143 Å². The van der Waals surface area contributed by atoms with Crippen LogP contribution in [-0.4, -0.2) is 61.4 Å². The molecular weight excluding hydrogens is 258 g/mol. The predicted octanol–water partition coefficient (Wildman–Crippen LogP) is -10.2. The number of hydrogen-bond acceptors (Lipinski definition) is 7. The van der Waals surface area contributed by atoms with Gasteiger partial charge in [0.15, 0.2) is 0 Å². The standard InChI is InChI=1S/CH2O3.Ca.K.Na.H2O4S/c2-1(3)4;;;;1-5(2,3)4/h(H2,2,3,4);;;;(H2,1,2,3,4)/q;+2;2*+1;/p-4. The van der Waals surface area contributed by atoms with Gasteiger partial charge in [0, 0.05) is 10.4 Å². The smallest absolute Gasteiger partial charge is 0.759 e. The second-order valence-electron chi connectivity index (χ2n) is 0.658. The molecule has 0 aliphatic carbocycles. The normalized spacial score (nSPS) is 6.83. The van der Waals surface area contributed by atoms with Crippen LogP contribution in [0.25, 0.3) is 0 Å². The first-order valence-corrected chi connectivity index (χ1v) is 2.61. The van der Waals surface area contributed by atoms with Crippen molar-refractivity contribution in [2.75, 3.05) is 0 Å². The Morgan fingerprint density at radius 2 is 1.08 bits per heavy atom. The Morgan fingerprint density at radius 1 is 1.08 bits per heavy atom. The van der Waals surface area contributed by atoms with Crippen molar-refractivity contribution in [1.82, 2.24) is 0 Å². The molecule has 0 fully saturated rings. The van der Waals surface area contributed by atoms with E-state index < -0.39 is 16.6 Å². The van der Waals surface area contributed by atoms with Gasteiger partial charge in [-0.2, -0.15) is 0 Å². The summed E-state index contributed by atoms with van der Waals surface area (Å²) in [5, 5.41) is 16.7. The van der Waals surface area contributed by atoms with E-state index in [0.717, 1.165) is 0 Å². The zero-order chi connectivity index (χ0) is 8.08. The maximum absolute atomic E-state index is 8.52. The fraction of sp³-hybridized carbons (Fsp3) is 0. The van der Waals surface area contributed by atoms with E-state index in [9.17, 15) is 0 Å². The maximum atomic E-state index is 8.52. The summed E-state index contributed by atoms with van der Waals surface area (Å²) in [5.41, 5.74) is 0. The molecule has 0 aromatic carbocycles. The van der Waals surface area contributed by atoms with Crippen molar-refractivity contribution in [1.29, 1.82) is 0 Å². The molecule has 0 N–H and O–H groups in total. The third kappa shape index (κ3) is 205. The SMILES string of the molecule is O=C([O-])[O-].O=S(=O)([O-])[O-].[Ca+2].[K+].[Na+]. The van der Waals surface area contributed by atoms with Gasteiger partial charge in [-0.3, -0.25) is 8.42 Å². The Balaban J connectivity index is -0.0000000221. The van der Waals surface area contributed by atoms with Gasteiger partial charge >= 0.3 is 119 Å². The van der Waals surface area contributed by atoms with Crippen LogP contribution in [0.4, 0.5) is 4.79 Å². The first-order chi connectivity index (χ1) is 3.73. The summed E-state index contributed by atoms with van der Waals surface area (Å²) >= 11 is 0. The van der Waals surface area contributed by atoms with E-state index in [2.05, 4.69) is 0 Å². The molecule has 0 aromatic heterocycles. The molecule has 11 heteroatoms. The van der Waals surface area contributed by atoms with Crippen LogP contribution in [0.1, 0.15) is 0 Å². The van der Waals surface area contributed by atoms with E-state index in [4.69, 9.17) is 32.5 Å². The van der Waals surface area contributed by atoms with Crippen molar-refractivity contribution in [3.8, 4) is 0 Å². The molecule has 7 nitrogen and oxygen atoms in total. The molecule has 0 saturated heterocycles. The van der Waals surface area contributed by atoms with Crippen molar-refractivity contribution in [3.63, 3.8) is 0 Å². The van der Waals surface area contributed by atoms with Crippen molar-refractivity contribution in [2.24, 2.45) is 0 Å². The van der Waals surface area contributed by atoms with Crippen LogP contribution in [0.5, 0.6) is 0 Å². The van der Waals surface area contributed by atoms with E-state index >= 15 is 0 Å². The first kappa shape index (κ1) is 29.4. The summed E-state index contributed by atoms with van der Waals surface area (Å²) in [4.78, 5) is 8.33. The van der Waals surface area contributed by atoms with Gasteiger partial charge in [0.25, 0.3) is 0 Å². The first-order valence-electron chi connectivity index (χ1n) is 1.28. The van der Waals surface area contributed by atoms with Gasteiger partial charge < -0.3 is 24.1 Å². The van der Waals surface area contributed by atoms with Crippen molar-refractivity contribution in [3.05, 3.63) is 0 Å². The molecule has 0 aromatic rings. The van der Waals surface area contributed by atoms with E-state index in [-0.39, 0.29) is 119 Å². The largest absolute Gasteiger partial charge is 2.00 e. The van der Waals surface area contributed by atoms with Gasteiger partial charge in [-0.25, -0.2) is 0 Å². The summed E-state index contributed by atoms with van der Waals surface area (Å²) in [6, 6.07) is 0. The van der Waals surface area contributed by atoms with Gasteiger partial charge in [-0.15, -0.1) is 0 Å². The Kier molecular flexibility index (Phi) is 40.4. The predicted molar refractivity (Wildman–Crippen MR) is 21.6 cm³/mol. The Bertz CT molecular complexity index is 166. The molecule has 0 spiro atoms. The minimum atomic E-state index is -5.17. The van der Waals surface area contributed by atoms with Gasteiger partial charge in [-0.05, 0) is 6.16 Å². The molecule has 0 aliphatic heterocycles. The minimum Gasteiger partial charge on any atom is -0.759 e. The fourth-order valence-electron chi connectivity index (χ4n) is 0. The van der Waals surface area contributed by atoms with Crippen LogP contribution in [0.15, 0.2) is 0 Å². The molecule has 0 unspecified atom stereocenters. The van der Waals surface area contributed by atoms with Gasteiger partial charge in [0.1, 0.15) is 0 Å². The second kappa shape index (κ2) is 16.5. The molecule has 0 aliphatic rings. The molecule has 12 heavy (non-hydrogen) atoms. The Labute approximate surface area is 164 Å². The maximum Gasteiger partial charge on any atom is 2.00 e. The molecular formula is CCaKNaO7S. The van der Waals surface area contributed by atoms with Crippen LogP contribution in [0.2, 0.25) is 0 Å². The van der Waals surface area contributed by atoms with Crippen molar-refractivity contribution < 1.29 is 113 Å². The molecule has 0 amide bonds. The van der Waals surface area contributed by atoms with Crippen LogP contribution in [0, 0.1) is 0 Å². The van der Waals surface area contributed by atoms with Crippen LogP contribution in [-0.2, 0) is 10.4 Å². The van der Waals surface area contributed by atoms with Gasteiger partial charge in [-0.1, -0.05) is 0 Å². The Morgan fingerprint density at radius 3 is 1.08 bits per heavy atom. The minimum absolute atomic E-state index is 0. The number of carbonyl (C=O) groups excluding carboxylic acids is 1. The van der Waals surface area contributed by atoms with Gasteiger partial charge in [0.05, 0.1) is 0 Å². The van der Waals surface area contributed by atoms with Crippen LogP contribution >= 0.6 is 0 Å². The van der Waals surface area contributed by atoms with E-state index in [1.165, 1.54) is 0 Å². The van der Waals surface area contributed by atoms with Crippen LogP contribution in [0.3, 0.4) is 0 Å². The van der Waals surface area contributed by atoms with Crippen LogP contribution < -0.4 is 91.2 Å². The van der Waals surface area contributed by atoms with E-state index in [1.807, 2.05) is 0 Å². The second-order valence-corrected chi connectivity index (χ2v) is 1.47. The monoisotopic (exact) mass is 258 g/mol. The molecule has 0 heterocycles. The van der Waals surface area contributed by atoms with Crippen molar-refractivity contribution in [2.45, 2.75) is 0 Å². The molecule has 0 radical (unpaired) electrons. The fourth-order valence-corrected chi connectivity index (χ4v) is 0. The average molecular weight is 258 g/mol. The molecule has 0 rings (SSSR count). The summed E-state index contributed by atoms with van der Waals surface area (Å²) in [6.45, 7) is 0. The van der Waals surface area contributed by atoms with E-state index in [1.54, 1.807) is 0 Å². The average Bonchev–Trinajstić information content (AvgIpc) is 1.19. The summed E-state index contributed by atoms with van der Waals surface area (Å²) < 4.78 is 34.1. The molecule has 56 valence electrons. The number of carbonyl (C=O) groups is 1. The third-order valence-corrected chi connectivity index (χ3v) is 0. The Hall–Kier alpha value is 3.04. The summed E-state index contributed by atoms with van der Waals surface area (Å²) in [6.07, 6.45) is -2.33. The molecule has 0 bridgehead atoms. The number of rotatable bonds is 0. The zero-order valence-corrected chi connectivity index (χ0v) is 14.6. The zero-order valence-electron chi connectivity index (χ0n) is 6.47. The van der Waals surface area contributed by atoms with Crippen molar-refractivity contribution >= 4 is 54.3 Å². The quantitative estimate of drug-likeness (QED) is 0.238. The third-order valence-electron chi connectivity index (χ3n) is 0. The van der Waals surface area contributed by atoms with Gasteiger partial charge in [0.2, 0.25) is 0 Å². The molecule has 0 saturated carbocycles.